The molecule has 0 unspecified atom stereocenters. The van der Waals surface area contributed by atoms with Crippen LogP contribution in [0.25, 0.3) is 0 Å². The lowest BCUT2D eigenvalue weighted by Crippen LogP contribution is -2.33. The van der Waals surface area contributed by atoms with Crippen molar-refractivity contribution in [1.82, 2.24) is 20.0 Å². The molecule has 2 aromatic rings. The Balaban J connectivity index is 1.54. The second-order valence-electron chi connectivity index (χ2n) is 4.49. The molecule has 1 amide bonds. The van der Waals surface area contributed by atoms with E-state index < -0.39 is 0 Å². The second kappa shape index (κ2) is 4.64. The first-order valence-electron chi connectivity index (χ1n) is 6.01. The summed E-state index contributed by atoms with van der Waals surface area (Å²) in [4.78, 5) is 16.0. The predicted molar refractivity (Wildman–Crippen MR) is 62.9 cm³/mol. The first-order valence-corrected chi connectivity index (χ1v) is 6.01. The smallest absolute Gasteiger partial charge is 0.273 e. The number of amides is 1. The molecular formula is C12H14N4O2. The fourth-order valence-corrected chi connectivity index (χ4v) is 2.25. The van der Waals surface area contributed by atoms with E-state index in [4.69, 9.17) is 0 Å². The van der Waals surface area contributed by atoms with Crippen LogP contribution in [0, 0.1) is 5.92 Å². The minimum Gasteiger partial charge on any atom is -0.364 e. The molecule has 6 heteroatoms. The van der Waals surface area contributed by atoms with Gasteiger partial charge in [-0.1, -0.05) is 5.16 Å². The van der Waals surface area contributed by atoms with Crippen molar-refractivity contribution in [3.05, 3.63) is 36.2 Å². The average Bonchev–Trinajstić information content (AvgIpc) is 3.05. The maximum absolute atomic E-state index is 11.7. The van der Waals surface area contributed by atoms with Gasteiger partial charge in [-0.05, 0) is 12.3 Å². The molecule has 0 bridgehead atoms. The van der Waals surface area contributed by atoms with Crippen molar-refractivity contribution in [3.63, 3.8) is 0 Å². The number of nitrogens with one attached hydrogen (secondary N) is 1. The molecule has 3 rings (SSSR count). The van der Waals surface area contributed by atoms with Crippen molar-refractivity contribution >= 4 is 5.91 Å². The predicted octanol–water partition coefficient (Wildman–Crippen LogP) is 0.863. The van der Waals surface area contributed by atoms with Crippen LogP contribution < -0.4 is 5.32 Å². The first-order chi connectivity index (χ1) is 8.83. The van der Waals surface area contributed by atoms with Crippen molar-refractivity contribution in [2.24, 2.45) is 5.92 Å². The molecule has 1 aliphatic rings. The van der Waals surface area contributed by atoms with Crippen LogP contribution in [0.2, 0.25) is 0 Å². The van der Waals surface area contributed by atoms with Crippen molar-refractivity contribution in [2.75, 3.05) is 6.54 Å². The summed E-state index contributed by atoms with van der Waals surface area (Å²) < 4.78 is 6.80. The monoisotopic (exact) mass is 246 g/mol. The number of imidazole rings is 1. The van der Waals surface area contributed by atoms with Crippen LogP contribution in [0.1, 0.15) is 22.7 Å². The SMILES string of the molecule is O=C(NC[C@H]1CCn2ccnc2C1)c1ccon1. The topological polar surface area (TPSA) is 73.0 Å². The van der Waals surface area contributed by atoms with Crippen LogP contribution in [0.3, 0.4) is 0 Å². The molecule has 0 aliphatic carbocycles. The van der Waals surface area contributed by atoms with E-state index in [1.54, 1.807) is 6.07 Å². The number of hydrogen-bond acceptors (Lipinski definition) is 4. The third kappa shape index (κ3) is 2.13. The number of carbonyl (C=O) groups is 1. The molecule has 1 aliphatic heterocycles. The van der Waals surface area contributed by atoms with E-state index in [0.717, 1.165) is 25.2 Å². The molecular weight excluding hydrogens is 232 g/mol. The van der Waals surface area contributed by atoms with Crippen LogP contribution in [-0.4, -0.2) is 27.2 Å². The number of nitrogens with zero attached hydrogens (tertiary/aromatic N) is 3. The normalized spacial score (nSPS) is 18.3. The number of rotatable bonds is 3. The third-order valence-electron chi connectivity index (χ3n) is 3.27. The fourth-order valence-electron chi connectivity index (χ4n) is 2.25. The highest BCUT2D eigenvalue weighted by atomic mass is 16.5. The number of carbonyl (C=O) groups excluding carboxylic acids is 1. The zero-order chi connectivity index (χ0) is 12.4. The Hall–Kier alpha value is -2.11. The molecule has 0 saturated heterocycles. The summed E-state index contributed by atoms with van der Waals surface area (Å²) in [7, 11) is 0. The Bertz CT molecular complexity index is 532. The summed E-state index contributed by atoms with van der Waals surface area (Å²) in [5.74, 6) is 1.36. The lowest BCUT2D eigenvalue weighted by molar-refractivity contribution is 0.0935. The second-order valence-corrected chi connectivity index (χ2v) is 4.49. The fraction of sp³-hybridized carbons (Fsp3) is 0.417. The Kier molecular flexibility index (Phi) is 2.84. The Labute approximate surface area is 104 Å². The number of aromatic nitrogens is 3. The standard InChI is InChI=1S/C12H14N4O2/c17-12(10-2-6-18-15-10)14-8-9-1-4-16-5-3-13-11(16)7-9/h2-3,5-6,9H,1,4,7-8H2,(H,14,17)/t9-/m0/s1. The quantitative estimate of drug-likeness (QED) is 0.872. The minimum absolute atomic E-state index is 0.183. The minimum atomic E-state index is -0.183. The van der Waals surface area contributed by atoms with Gasteiger partial charge in [-0.2, -0.15) is 0 Å². The first kappa shape index (κ1) is 11.0. The highest BCUT2D eigenvalue weighted by Gasteiger charge is 2.20. The van der Waals surface area contributed by atoms with Crippen LogP contribution >= 0.6 is 0 Å². The zero-order valence-electron chi connectivity index (χ0n) is 9.87. The Morgan fingerprint density at radius 2 is 2.56 bits per heavy atom. The maximum atomic E-state index is 11.7. The summed E-state index contributed by atoms with van der Waals surface area (Å²) in [5, 5.41) is 6.48. The lowest BCUT2D eigenvalue weighted by atomic mass is 9.98. The van der Waals surface area contributed by atoms with Gasteiger partial charge in [0.25, 0.3) is 5.91 Å². The third-order valence-corrected chi connectivity index (χ3v) is 3.27. The molecule has 2 aromatic heterocycles. The molecule has 0 spiro atoms. The van der Waals surface area contributed by atoms with Crippen LogP contribution in [0.5, 0.6) is 0 Å². The van der Waals surface area contributed by atoms with Gasteiger partial charge in [-0.25, -0.2) is 4.98 Å². The number of hydrogen-bond donors (Lipinski definition) is 1. The summed E-state index contributed by atoms with van der Waals surface area (Å²) in [6.45, 7) is 1.62. The molecule has 0 aromatic carbocycles. The van der Waals surface area contributed by atoms with Gasteiger partial charge in [0.2, 0.25) is 0 Å². The van der Waals surface area contributed by atoms with Gasteiger partial charge in [-0.3, -0.25) is 4.79 Å². The number of fused-ring (bicyclic) bond motifs is 1. The highest BCUT2D eigenvalue weighted by molar-refractivity contribution is 5.91. The van der Waals surface area contributed by atoms with Crippen molar-refractivity contribution in [3.8, 4) is 0 Å². The lowest BCUT2D eigenvalue weighted by Gasteiger charge is -2.23. The van der Waals surface area contributed by atoms with E-state index in [2.05, 4.69) is 24.5 Å². The summed E-state index contributed by atoms with van der Waals surface area (Å²) in [6.07, 6.45) is 7.19. The van der Waals surface area contributed by atoms with E-state index in [1.807, 2.05) is 12.4 Å². The largest absolute Gasteiger partial charge is 0.364 e. The molecule has 1 N–H and O–H groups in total. The van der Waals surface area contributed by atoms with Gasteiger partial charge >= 0.3 is 0 Å². The molecule has 1 atom stereocenters. The van der Waals surface area contributed by atoms with Gasteiger partial charge < -0.3 is 14.4 Å². The molecule has 3 heterocycles. The van der Waals surface area contributed by atoms with Crippen LogP contribution in [-0.2, 0) is 13.0 Å². The van der Waals surface area contributed by atoms with Gasteiger partial charge in [0.15, 0.2) is 5.69 Å². The number of aryl methyl sites for hydroxylation is 1. The molecule has 0 fully saturated rings. The molecule has 94 valence electrons. The van der Waals surface area contributed by atoms with Crippen molar-refractivity contribution in [1.29, 1.82) is 0 Å². The summed E-state index contributed by atoms with van der Waals surface area (Å²) >= 11 is 0. The van der Waals surface area contributed by atoms with Crippen LogP contribution in [0.15, 0.2) is 29.2 Å². The summed E-state index contributed by atoms with van der Waals surface area (Å²) in [6, 6.07) is 1.56. The maximum Gasteiger partial charge on any atom is 0.273 e. The molecule has 0 radical (unpaired) electrons. The zero-order valence-corrected chi connectivity index (χ0v) is 9.87. The molecule has 6 nitrogen and oxygen atoms in total. The van der Waals surface area contributed by atoms with E-state index in [0.29, 0.717) is 18.2 Å². The Morgan fingerprint density at radius 1 is 1.61 bits per heavy atom. The van der Waals surface area contributed by atoms with E-state index in [-0.39, 0.29) is 5.91 Å². The molecule has 18 heavy (non-hydrogen) atoms. The van der Waals surface area contributed by atoms with Crippen molar-refractivity contribution < 1.29 is 9.32 Å². The van der Waals surface area contributed by atoms with E-state index >= 15 is 0 Å². The molecule has 0 saturated carbocycles. The van der Waals surface area contributed by atoms with Gasteiger partial charge in [0, 0.05) is 38.0 Å². The van der Waals surface area contributed by atoms with E-state index in [9.17, 15) is 4.79 Å². The average molecular weight is 246 g/mol. The van der Waals surface area contributed by atoms with Gasteiger partial charge in [0.1, 0.15) is 12.1 Å². The van der Waals surface area contributed by atoms with Crippen molar-refractivity contribution in [2.45, 2.75) is 19.4 Å². The van der Waals surface area contributed by atoms with Gasteiger partial charge in [0.05, 0.1) is 0 Å². The van der Waals surface area contributed by atoms with E-state index in [1.165, 1.54) is 6.26 Å². The highest BCUT2D eigenvalue weighted by Crippen LogP contribution is 2.18. The Morgan fingerprint density at radius 3 is 3.39 bits per heavy atom. The van der Waals surface area contributed by atoms with Crippen LogP contribution in [0.4, 0.5) is 0 Å². The van der Waals surface area contributed by atoms with Gasteiger partial charge in [-0.15, -0.1) is 0 Å². The summed E-state index contributed by atoms with van der Waals surface area (Å²) in [5.41, 5.74) is 0.326.